The van der Waals surface area contributed by atoms with Crippen molar-refractivity contribution in [1.82, 2.24) is 5.32 Å². The summed E-state index contributed by atoms with van der Waals surface area (Å²) in [4.78, 5) is 13.1. The SMILES string of the molecule is CCC/C=C/CCCC(O)C(O)C(COC1OC(CO)C(O)C(O)C1O)NC(=O)C(O)CCCCCCCCCCCCCCCCCC/C=C\CCCCCCCCCCCCCCCC. The van der Waals surface area contributed by atoms with E-state index in [0.717, 1.165) is 38.5 Å². The fourth-order valence-electron chi connectivity index (χ4n) is 9.09. The van der Waals surface area contributed by atoms with Crippen LogP contribution in [-0.2, 0) is 14.3 Å². The highest BCUT2D eigenvalue weighted by atomic mass is 16.7. The Labute approximate surface area is 410 Å². The first-order valence-electron chi connectivity index (χ1n) is 28.2. The summed E-state index contributed by atoms with van der Waals surface area (Å²) >= 11 is 0. The van der Waals surface area contributed by atoms with Crippen LogP contribution >= 0.6 is 0 Å². The molecular formula is C56H107NO10. The van der Waals surface area contributed by atoms with E-state index in [2.05, 4.69) is 37.4 Å². The first kappa shape index (κ1) is 63.6. The maximum atomic E-state index is 13.1. The van der Waals surface area contributed by atoms with Crippen LogP contribution in [0.2, 0.25) is 0 Å². The van der Waals surface area contributed by atoms with Crippen molar-refractivity contribution in [2.45, 2.75) is 313 Å². The van der Waals surface area contributed by atoms with Crippen LogP contribution in [0.25, 0.3) is 0 Å². The van der Waals surface area contributed by atoms with Gasteiger partial charge in [-0.1, -0.05) is 224 Å². The van der Waals surface area contributed by atoms with Gasteiger partial charge in [-0.15, -0.1) is 0 Å². The molecule has 1 rings (SSSR count). The molecule has 1 saturated heterocycles. The van der Waals surface area contributed by atoms with E-state index in [0.29, 0.717) is 12.8 Å². The lowest BCUT2D eigenvalue weighted by Gasteiger charge is -2.40. The van der Waals surface area contributed by atoms with Gasteiger partial charge in [-0.05, 0) is 57.8 Å². The molecule has 0 radical (unpaired) electrons. The van der Waals surface area contributed by atoms with Crippen molar-refractivity contribution >= 4 is 5.91 Å². The third-order valence-corrected chi connectivity index (χ3v) is 13.7. The van der Waals surface area contributed by atoms with E-state index in [9.17, 15) is 40.5 Å². The molecule has 0 bridgehead atoms. The second kappa shape index (κ2) is 45.7. The molecule has 9 atom stereocenters. The third-order valence-electron chi connectivity index (χ3n) is 13.7. The van der Waals surface area contributed by atoms with Gasteiger partial charge in [0.2, 0.25) is 5.91 Å². The van der Waals surface area contributed by atoms with Crippen molar-refractivity contribution in [1.29, 1.82) is 0 Å². The smallest absolute Gasteiger partial charge is 0.249 e. The van der Waals surface area contributed by atoms with E-state index in [1.807, 2.05) is 6.08 Å². The molecule has 11 nitrogen and oxygen atoms in total. The highest BCUT2D eigenvalue weighted by Crippen LogP contribution is 2.23. The number of hydrogen-bond acceptors (Lipinski definition) is 10. The predicted molar refractivity (Wildman–Crippen MR) is 275 cm³/mol. The normalized spacial score (nSPS) is 20.8. The largest absolute Gasteiger partial charge is 0.394 e. The Morgan fingerprint density at radius 2 is 0.910 bits per heavy atom. The number of nitrogens with one attached hydrogen (secondary N) is 1. The Morgan fingerprint density at radius 3 is 1.34 bits per heavy atom. The molecule has 1 heterocycles. The summed E-state index contributed by atoms with van der Waals surface area (Å²) in [5.41, 5.74) is 0. The van der Waals surface area contributed by atoms with E-state index in [4.69, 9.17) is 9.47 Å². The Morgan fingerprint density at radius 1 is 0.507 bits per heavy atom. The van der Waals surface area contributed by atoms with Gasteiger partial charge in [0.25, 0.3) is 0 Å². The van der Waals surface area contributed by atoms with Crippen LogP contribution < -0.4 is 5.32 Å². The molecule has 1 aliphatic heterocycles. The van der Waals surface area contributed by atoms with Gasteiger partial charge < -0.3 is 50.5 Å². The number of amides is 1. The summed E-state index contributed by atoms with van der Waals surface area (Å²) in [7, 11) is 0. The molecule has 0 spiro atoms. The molecular weight excluding hydrogens is 847 g/mol. The van der Waals surface area contributed by atoms with E-state index in [-0.39, 0.29) is 12.8 Å². The molecule has 0 aromatic rings. The lowest BCUT2D eigenvalue weighted by Crippen LogP contribution is -2.60. The average Bonchev–Trinajstić information content (AvgIpc) is 3.33. The summed E-state index contributed by atoms with van der Waals surface area (Å²) in [5, 5.41) is 75.3. The van der Waals surface area contributed by atoms with Gasteiger partial charge in [0.05, 0.1) is 25.4 Å². The fraction of sp³-hybridized carbons (Fsp3) is 0.911. The third kappa shape index (κ3) is 34.5. The number of rotatable bonds is 48. The lowest BCUT2D eigenvalue weighted by atomic mass is 9.98. The maximum Gasteiger partial charge on any atom is 0.249 e. The van der Waals surface area contributed by atoms with Gasteiger partial charge in [-0.2, -0.15) is 0 Å². The molecule has 11 heteroatoms. The van der Waals surface area contributed by atoms with Gasteiger partial charge in [-0.3, -0.25) is 4.79 Å². The molecule has 0 aromatic carbocycles. The van der Waals surface area contributed by atoms with Crippen molar-refractivity contribution < 1.29 is 50.0 Å². The number of carbonyl (C=O) groups excluding carboxylic acids is 1. The van der Waals surface area contributed by atoms with Gasteiger partial charge in [-0.25, -0.2) is 0 Å². The molecule has 1 fully saturated rings. The molecule has 1 amide bonds. The summed E-state index contributed by atoms with van der Waals surface area (Å²) in [6, 6.07) is -1.18. The first-order chi connectivity index (χ1) is 32.7. The van der Waals surface area contributed by atoms with E-state index >= 15 is 0 Å². The summed E-state index contributed by atoms with van der Waals surface area (Å²) in [5.74, 6) is -0.708. The first-order valence-corrected chi connectivity index (χ1v) is 28.2. The van der Waals surface area contributed by atoms with E-state index in [1.165, 1.54) is 180 Å². The summed E-state index contributed by atoms with van der Waals surface area (Å²) in [6.45, 7) is 3.31. The zero-order chi connectivity index (χ0) is 49.0. The minimum absolute atomic E-state index is 0.255. The van der Waals surface area contributed by atoms with Gasteiger partial charge in [0.15, 0.2) is 6.29 Å². The Bertz CT molecular complexity index is 1140. The van der Waals surface area contributed by atoms with Crippen LogP contribution in [0.3, 0.4) is 0 Å². The predicted octanol–water partition coefficient (Wildman–Crippen LogP) is 11.3. The molecule has 396 valence electrons. The van der Waals surface area contributed by atoms with Crippen LogP contribution in [0.15, 0.2) is 24.3 Å². The average molecular weight is 954 g/mol. The molecule has 8 N–H and O–H groups in total. The number of ether oxygens (including phenoxy) is 2. The second-order valence-electron chi connectivity index (χ2n) is 20.0. The maximum absolute atomic E-state index is 13.1. The topological polar surface area (TPSA) is 189 Å². The second-order valence-corrected chi connectivity index (χ2v) is 20.0. The lowest BCUT2D eigenvalue weighted by molar-refractivity contribution is -0.303. The van der Waals surface area contributed by atoms with Crippen molar-refractivity contribution in [3.05, 3.63) is 24.3 Å². The number of hydrogen-bond donors (Lipinski definition) is 8. The van der Waals surface area contributed by atoms with Crippen molar-refractivity contribution in [2.24, 2.45) is 0 Å². The minimum Gasteiger partial charge on any atom is -0.394 e. The highest BCUT2D eigenvalue weighted by molar-refractivity contribution is 5.80. The van der Waals surface area contributed by atoms with Crippen molar-refractivity contribution in [3.8, 4) is 0 Å². The summed E-state index contributed by atoms with van der Waals surface area (Å²) in [6.07, 6.45) is 43.3. The van der Waals surface area contributed by atoms with Crippen LogP contribution in [0.1, 0.15) is 258 Å². The number of aliphatic hydroxyl groups is 7. The standard InChI is InChI=1S/C56H107NO10/c1-3-5-7-9-11-12-13-14-15-16-17-18-19-20-21-22-23-24-25-26-27-28-29-30-31-32-33-34-35-36-37-38-40-42-44-49(60)55(65)57-47(51(61)48(59)43-41-39-10-8-6-4-2)46-66-56-54(64)53(63)52(62)50(45-58)67-56/h8,10,22-23,47-54,56,58-64H,3-7,9,11-21,24-46H2,1-2H3,(H,57,65)/b10-8+,23-22-. The number of allylic oxidation sites excluding steroid dienone is 4. The van der Waals surface area contributed by atoms with Gasteiger partial charge in [0, 0.05) is 0 Å². The highest BCUT2D eigenvalue weighted by Gasteiger charge is 2.44. The zero-order valence-electron chi connectivity index (χ0n) is 43.1. The Balaban J connectivity index is 2.08. The quantitative estimate of drug-likeness (QED) is 0.0215. The van der Waals surface area contributed by atoms with Gasteiger partial charge in [0.1, 0.15) is 36.6 Å². The van der Waals surface area contributed by atoms with E-state index < -0.39 is 74.2 Å². The molecule has 0 aliphatic carbocycles. The van der Waals surface area contributed by atoms with E-state index in [1.54, 1.807) is 0 Å². The molecule has 67 heavy (non-hydrogen) atoms. The van der Waals surface area contributed by atoms with Crippen LogP contribution in [0.5, 0.6) is 0 Å². The molecule has 0 aromatic heterocycles. The van der Waals surface area contributed by atoms with Crippen molar-refractivity contribution in [3.63, 3.8) is 0 Å². The summed E-state index contributed by atoms with van der Waals surface area (Å²) < 4.78 is 11.0. The minimum atomic E-state index is -1.66. The number of carbonyl (C=O) groups is 1. The molecule has 9 unspecified atom stereocenters. The number of unbranched alkanes of at least 4 members (excludes halogenated alkanes) is 32. The van der Waals surface area contributed by atoms with Crippen LogP contribution in [0.4, 0.5) is 0 Å². The molecule has 1 aliphatic rings. The van der Waals surface area contributed by atoms with Gasteiger partial charge >= 0.3 is 0 Å². The molecule has 0 saturated carbocycles. The monoisotopic (exact) mass is 954 g/mol. The van der Waals surface area contributed by atoms with Crippen molar-refractivity contribution in [2.75, 3.05) is 13.2 Å². The van der Waals surface area contributed by atoms with Crippen LogP contribution in [-0.4, -0.2) is 110 Å². The van der Waals surface area contributed by atoms with Crippen LogP contribution in [0, 0.1) is 0 Å². The number of aliphatic hydroxyl groups excluding tert-OH is 7. The Hall–Kier alpha value is -1.41. The fourth-order valence-corrected chi connectivity index (χ4v) is 9.09. The Kier molecular flexibility index (Phi) is 43.4. The zero-order valence-corrected chi connectivity index (χ0v) is 43.1.